The topological polar surface area (TPSA) is 80.7 Å². The van der Waals surface area contributed by atoms with Crippen LogP contribution in [0.2, 0.25) is 0 Å². The van der Waals surface area contributed by atoms with Crippen LogP contribution in [0.5, 0.6) is 0 Å². The van der Waals surface area contributed by atoms with Gasteiger partial charge in [0, 0.05) is 18.7 Å². The Labute approximate surface area is 127 Å². The van der Waals surface area contributed by atoms with Gasteiger partial charge in [0.25, 0.3) is 5.90 Å². The van der Waals surface area contributed by atoms with Crippen LogP contribution in [-0.4, -0.2) is 32.1 Å². The van der Waals surface area contributed by atoms with Crippen LogP contribution < -0.4 is 5.43 Å². The van der Waals surface area contributed by atoms with E-state index in [0.717, 1.165) is 30.3 Å². The number of aromatic nitrogens is 3. The van der Waals surface area contributed by atoms with Crippen molar-refractivity contribution in [2.75, 3.05) is 6.54 Å². The number of hydrogen-bond acceptors (Lipinski definition) is 7. The zero-order chi connectivity index (χ0) is 15.1. The number of rotatable bonds is 2. The number of ether oxygens (including phenoxy) is 1. The summed E-state index contributed by atoms with van der Waals surface area (Å²) in [5, 5.41) is 12.4. The predicted octanol–water partition coefficient (Wildman–Crippen LogP) is 1.08. The Hall–Kier alpha value is -2.77. The largest absolute Gasteiger partial charge is 0.459 e. The van der Waals surface area contributed by atoms with E-state index in [0.29, 0.717) is 24.1 Å². The van der Waals surface area contributed by atoms with E-state index in [1.807, 2.05) is 26.1 Å². The molecular weight excluding hydrogens is 284 g/mol. The van der Waals surface area contributed by atoms with Crippen molar-refractivity contribution < 1.29 is 9.15 Å². The third kappa shape index (κ3) is 2.12. The Bertz CT molecular complexity index is 772. The van der Waals surface area contributed by atoms with E-state index < -0.39 is 0 Å². The van der Waals surface area contributed by atoms with Gasteiger partial charge in [0.1, 0.15) is 5.82 Å². The molecule has 8 nitrogen and oxygen atoms in total. The standard InChI is InChI=1S/C14H16N6O2/c1-9-3-6-21-13(9)14-18-17-12(22-14)8-19-4-5-20-10(2)15-16-11(20)7-19/h3,6,8,17H,4-5,7H2,1-2H3. The molecule has 2 aliphatic rings. The van der Waals surface area contributed by atoms with E-state index in [4.69, 9.17) is 9.15 Å². The lowest BCUT2D eigenvalue weighted by Gasteiger charge is -2.26. The maximum absolute atomic E-state index is 5.70. The van der Waals surface area contributed by atoms with E-state index in [1.54, 1.807) is 6.26 Å². The van der Waals surface area contributed by atoms with Crippen molar-refractivity contribution in [1.29, 1.82) is 0 Å². The summed E-state index contributed by atoms with van der Waals surface area (Å²) in [5.41, 5.74) is 3.87. The van der Waals surface area contributed by atoms with Gasteiger partial charge in [-0.05, 0) is 19.9 Å². The van der Waals surface area contributed by atoms with Crippen LogP contribution in [0, 0.1) is 13.8 Å². The van der Waals surface area contributed by atoms with Crippen molar-refractivity contribution in [3.63, 3.8) is 0 Å². The van der Waals surface area contributed by atoms with Crippen LogP contribution in [0.3, 0.4) is 0 Å². The van der Waals surface area contributed by atoms with Gasteiger partial charge >= 0.3 is 0 Å². The Morgan fingerprint density at radius 2 is 2.18 bits per heavy atom. The molecule has 0 aliphatic carbocycles. The van der Waals surface area contributed by atoms with Gasteiger partial charge in [-0.15, -0.1) is 15.3 Å². The molecule has 0 spiro atoms. The normalized spacial score (nSPS) is 18.9. The molecule has 4 rings (SSSR count). The van der Waals surface area contributed by atoms with Crippen LogP contribution >= 0.6 is 0 Å². The molecule has 2 aliphatic heterocycles. The summed E-state index contributed by atoms with van der Waals surface area (Å²) in [7, 11) is 0. The lowest BCUT2D eigenvalue weighted by molar-refractivity contribution is 0.276. The van der Waals surface area contributed by atoms with Crippen LogP contribution in [0.4, 0.5) is 0 Å². The first kappa shape index (κ1) is 12.9. The average Bonchev–Trinajstić information content (AvgIpc) is 3.21. The number of hydrazone groups is 1. The number of nitrogens with zero attached hydrogens (tertiary/aromatic N) is 5. The fourth-order valence-electron chi connectivity index (χ4n) is 2.60. The molecule has 4 heterocycles. The fraction of sp³-hybridized carbons (Fsp3) is 0.357. The maximum atomic E-state index is 5.70. The number of furan rings is 1. The third-order valence-electron chi connectivity index (χ3n) is 3.80. The van der Waals surface area contributed by atoms with E-state index in [1.165, 1.54) is 0 Å². The highest BCUT2D eigenvalue weighted by Gasteiger charge is 2.23. The number of nitrogens with one attached hydrogen (secondary N) is 1. The summed E-state index contributed by atoms with van der Waals surface area (Å²) in [6.07, 6.45) is 3.53. The first-order valence-electron chi connectivity index (χ1n) is 7.11. The van der Waals surface area contributed by atoms with Crippen LogP contribution in [0.15, 0.2) is 33.9 Å². The Kier molecular flexibility index (Phi) is 2.88. The summed E-state index contributed by atoms with van der Waals surface area (Å²) >= 11 is 0. The summed E-state index contributed by atoms with van der Waals surface area (Å²) in [4.78, 5) is 2.12. The molecule has 0 saturated carbocycles. The van der Waals surface area contributed by atoms with Crippen molar-refractivity contribution in [3.05, 3.63) is 47.4 Å². The minimum absolute atomic E-state index is 0.449. The minimum atomic E-state index is 0.449. The molecule has 0 saturated heterocycles. The van der Waals surface area contributed by atoms with Crippen LogP contribution in [0.1, 0.15) is 23.0 Å². The lowest BCUT2D eigenvalue weighted by atomic mass is 10.3. The second-order valence-electron chi connectivity index (χ2n) is 5.34. The highest BCUT2D eigenvalue weighted by atomic mass is 16.5. The monoisotopic (exact) mass is 300 g/mol. The van der Waals surface area contributed by atoms with Gasteiger partial charge in [0.05, 0.1) is 19.0 Å². The molecular formula is C14H16N6O2. The molecule has 0 aromatic carbocycles. The van der Waals surface area contributed by atoms with Gasteiger partial charge in [-0.25, -0.2) is 5.43 Å². The van der Waals surface area contributed by atoms with Crippen molar-refractivity contribution in [3.8, 4) is 0 Å². The molecule has 0 atom stereocenters. The van der Waals surface area contributed by atoms with Crippen LogP contribution in [-0.2, 0) is 17.8 Å². The predicted molar refractivity (Wildman–Crippen MR) is 77.5 cm³/mol. The highest BCUT2D eigenvalue weighted by Crippen LogP contribution is 2.18. The molecule has 8 heteroatoms. The summed E-state index contributed by atoms with van der Waals surface area (Å²) in [6, 6.07) is 1.88. The Morgan fingerprint density at radius 1 is 1.27 bits per heavy atom. The lowest BCUT2D eigenvalue weighted by Crippen LogP contribution is -2.31. The minimum Gasteiger partial charge on any atom is -0.459 e. The molecule has 1 N–H and O–H groups in total. The summed E-state index contributed by atoms with van der Waals surface area (Å²) < 4.78 is 13.2. The van der Waals surface area contributed by atoms with Gasteiger partial charge in [0.2, 0.25) is 5.88 Å². The van der Waals surface area contributed by atoms with E-state index in [2.05, 4.69) is 30.2 Å². The first-order valence-corrected chi connectivity index (χ1v) is 7.11. The van der Waals surface area contributed by atoms with E-state index in [9.17, 15) is 0 Å². The van der Waals surface area contributed by atoms with Crippen molar-refractivity contribution in [1.82, 2.24) is 25.1 Å². The average molecular weight is 300 g/mol. The molecule has 0 unspecified atom stereocenters. The zero-order valence-electron chi connectivity index (χ0n) is 12.4. The second kappa shape index (κ2) is 4.90. The van der Waals surface area contributed by atoms with Crippen molar-refractivity contribution in [2.45, 2.75) is 26.9 Å². The Balaban J connectivity index is 1.47. The number of aryl methyl sites for hydroxylation is 2. The van der Waals surface area contributed by atoms with E-state index >= 15 is 0 Å². The molecule has 0 amide bonds. The fourth-order valence-corrected chi connectivity index (χ4v) is 2.60. The van der Waals surface area contributed by atoms with Crippen LogP contribution in [0.25, 0.3) is 0 Å². The van der Waals surface area contributed by atoms with Gasteiger partial charge in [0.15, 0.2) is 11.6 Å². The first-order chi connectivity index (χ1) is 10.7. The Morgan fingerprint density at radius 3 is 3.00 bits per heavy atom. The summed E-state index contributed by atoms with van der Waals surface area (Å²) in [6.45, 7) is 6.35. The molecule has 22 heavy (non-hydrogen) atoms. The molecule has 0 bridgehead atoms. The van der Waals surface area contributed by atoms with Gasteiger partial charge in [-0.3, -0.25) is 0 Å². The smallest absolute Gasteiger partial charge is 0.281 e. The highest BCUT2D eigenvalue weighted by molar-refractivity contribution is 5.94. The third-order valence-corrected chi connectivity index (χ3v) is 3.80. The second-order valence-corrected chi connectivity index (χ2v) is 5.34. The quantitative estimate of drug-likeness (QED) is 0.894. The SMILES string of the molecule is Cc1ccoc1C1=NNC(=CN2CCn3c(C)nnc3C2)O1. The molecule has 0 radical (unpaired) electrons. The van der Waals surface area contributed by atoms with Gasteiger partial charge < -0.3 is 18.6 Å². The molecule has 2 aromatic rings. The molecule has 0 fully saturated rings. The maximum Gasteiger partial charge on any atom is 0.281 e. The zero-order valence-corrected chi connectivity index (χ0v) is 12.4. The number of hydrogen-bond donors (Lipinski definition) is 1. The molecule has 2 aromatic heterocycles. The van der Waals surface area contributed by atoms with E-state index in [-0.39, 0.29) is 0 Å². The number of fused-ring (bicyclic) bond motifs is 1. The van der Waals surface area contributed by atoms with Crippen molar-refractivity contribution in [2.24, 2.45) is 5.10 Å². The van der Waals surface area contributed by atoms with Gasteiger partial charge in [-0.2, -0.15) is 0 Å². The molecule has 114 valence electrons. The van der Waals surface area contributed by atoms with Crippen molar-refractivity contribution >= 4 is 5.90 Å². The van der Waals surface area contributed by atoms with Gasteiger partial charge in [-0.1, -0.05) is 0 Å². The summed E-state index contributed by atoms with van der Waals surface area (Å²) in [5.74, 6) is 3.59.